The number of carbonyl (C=O) groups is 2. The highest BCUT2D eigenvalue weighted by Crippen LogP contribution is 2.60. The lowest BCUT2D eigenvalue weighted by atomic mass is 9.49. The first-order valence-corrected chi connectivity index (χ1v) is 11.5. The standard InChI is InChI=1S/C24H31F3N2O3/c1-15(14-32-20-5-3-2-4-19(20)24(25,26)27)29-21(30)6-7-28-22(31)23-11-16-8-17(12-23)10-18(9-16)13-23/h2-5,15-18H,6-14H2,1H3,(H,28,31)(H,29,30). The summed E-state index contributed by atoms with van der Waals surface area (Å²) in [6.07, 6.45) is 2.35. The summed E-state index contributed by atoms with van der Waals surface area (Å²) in [6, 6.07) is 4.53. The molecule has 0 spiro atoms. The normalized spacial score (nSPS) is 29.4. The smallest absolute Gasteiger partial charge is 0.419 e. The van der Waals surface area contributed by atoms with Crippen molar-refractivity contribution in [1.82, 2.24) is 10.6 Å². The zero-order valence-corrected chi connectivity index (χ0v) is 18.3. The predicted octanol–water partition coefficient (Wildman–Crippen LogP) is 4.31. The van der Waals surface area contributed by atoms with Gasteiger partial charge in [-0.3, -0.25) is 9.59 Å². The van der Waals surface area contributed by atoms with Gasteiger partial charge in [-0.05, 0) is 75.3 Å². The molecule has 176 valence electrons. The van der Waals surface area contributed by atoms with Gasteiger partial charge in [0.25, 0.3) is 0 Å². The maximum atomic E-state index is 13.0. The summed E-state index contributed by atoms with van der Waals surface area (Å²) in [6.45, 7) is 1.84. The van der Waals surface area contributed by atoms with E-state index in [1.807, 2.05) is 0 Å². The van der Waals surface area contributed by atoms with Gasteiger partial charge in [0, 0.05) is 18.4 Å². The molecule has 1 aromatic rings. The van der Waals surface area contributed by atoms with E-state index < -0.39 is 17.8 Å². The van der Waals surface area contributed by atoms with E-state index in [2.05, 4.69) is 10.6 Å². The minimum absolute atomic E-state index is 0.0849. The van der Waals surface area contributed by atoms with Crippen LogP contribution in [0, 0.1) is 23.2 Å². The Bertz CT molecular complexity index is 820. The van der Waals surface area contributed by atoms with Crippen LogP contribution in [0.4, 0.5) is 13.2 Å². The molecule has 1 unspecified atom stereocenters. The predicted molar refractivity (Wildman–Crippen MR) is 113 cm³/mol. The molecule has 4 aliphatic carbocycles. The number of hydrogen-bond acceptors (Lipinski definition) is 3. The zero-order chi connectivity index (χ0) is 22.9. The van der Waals surface area contributed by atoms with Crippen LogP contribution in [-0.2, 0) is 15.8 Å². The van der Waals surface area contributed by atoms with Crippen molar-refractivity contribution in [2.24, 2.45) is 23.2 Å². The average molecular weight is 453 g/mol. The van der Waals surface area contributed by atoms with E-state index >= 15 is 0 Å². The van der Waals surface area contributed by atoms with Crippen LogP contribution in [0.2, 0.25) is 0 Å². The van der Waals surface area contributed by atoms with Crippen molar-refractivity contribution in [3.8, 4) is 5.75 Å². The topological polar surface area (TPSA) is 67.4 Å². The summed E-state index contributed by atoms with van der Waals surface area (Å²) in [5.41, 5.74) is -1.08. The van der Waals surface area contributed by atoms with Crippen molar-refractivity contribution in [1.29, 1.82) is 0 Å². The van der Waals surface area contributed by atoms with Gasteiger partial charge in [-0.2, -0.15) is 13.2 Å². The minimum atomic E-state index is -4.50. The van der Waals surface area contributed by atoms with E-state index in [1.165, 1.54) is 37.5 Å². The molecule has 0 radical (unpaired) electrons. The number of benzene rings is 1. The van der Waals surface area contributed by atoms with E-state index in [4.69, 9.17) is 4.74 Å². The van der Waals surface area contributed by atoms with E-state index in [1.54, 1.807) is 6.92 Å². The van der Waals surface area contributed by atoms with Gasteiger partial charge in [0.1, 0.15) is 12.4 Å². The summed E-state index contributed by atoms with van der Waals surface area (Å²) in [5, 5.41) is 5.69. The molecule has 2 amide bonds. The zero-order valence-electron chi connectivity index (χ0n) is 18.3. The summed E-state index contributed by atoms with van der Waals surface area (Å²) >= 11 is 0. The number of para-hydroxylation sites is 1. The number of halogens is 3. The first kappa shape index (κ1) is 22.9. The molecule has 0 aliphatic heterocycles. The van der Waals surface area contributed by atoms with Crippen LogP contribution >= 0.6 is 0 Å². The fourth-order valence-corrected chi connectivity index (χ4v) is 6.30. The number of alkyl halides is 3. The van der Waals surface area contributed by atoms with E-state index in [0.29, 0.717) is 17.8 Å². The molecule has 1 atom stereocenters. The highest BCUT2D eigenvalue weighted by atomic mass is 19.4. The fourth-order valence-electron chi connectivity index (χ4n) is 6.30. The molecule has 32 heavy (non-hydrogen) atoms. The van der Waals surface area contributed by atoms with Crippen LogP contribution in [0.3, 0.4) is 0 Å². The lowest BCUT2D eigenvalue weighted by Crippen LogP contribution is -2.53. The SMILES string of the molecule is CC(COc1ccccc1C(F)(F)F)NC(=O)CCNC(=O)C12CC3CC(CC(C3)C1)C2. The third-order valence-electron chi connectivity index (χ3n) is 7.25. The number of amides is 2. The molecule has 8 heteroatoms. The maximum Gasteiger partial charge on any atom is 0.419 e. The van der Waals surface area contributed by atoms with Gasteiger partial charge >= 0.3 is 6.18 Å². The second-order valence-electron chi connectivity index (χ2n) is 9.98. The molecule has 0 heterocycles. The second-order valence-corrected chi connectivity index (χ2v) is 9.98. The molecule has 0 aromatic heterocycles. The number of nitrogens with one attached hydrogen (secondary N) is 2. The molecule has 4 fully saturated rings. The lowest BCUT2D eigenvalue weighted by Gasteiger charge is -2.55. The Morgan fingerprint density at radius 3 is 2.28 bits per heavy atom. The summed E-state index contributed by atoms with van der Waals surface area (Å²) < 4.78 is 44.4. The van der Waals surface area contributed by atoms with Gasteiger partial charge in [0.15, 0.2) is 0 Å². The Labute approximate surface area is 186 Å². The monoisotopic (exact) mass is 452 g/mol. The largest absolute Gasteiger partial charge is 0.491 e. The first-order chi connectivity index (χ1) is 15.1. The third-order valence-corrected chi connectivity index (χ3v) is 7.25. The minimum Gasteiger partial charge on any atom is -0.491 e. The fraction of sp³-hybridized carbons (Fsp3) is 0.667. The highest BCUT2D eigenvalue weighted by molar-refractivity contribution is 5.84. The van der Waals surface area contributed by atoms with Gasteiger partial charge in [0.2, 0.25) is 11.8 Å². The Balaban J connectivity index is 1.19. The average Bonchev–Trinajstić information content (AvgIpc) is 2.70. The Kier molecular flexibility index (Phi) is 6.41. The van der Waals surface area contributed by atoms with Crippen LogP contribution in [0.5, 0.6) is 5.75 Å². The van der Waals surface area contributed by atoms with Crippen LogP contribution < -0.4 is 15.4 Å². The molecular formula is C24H31F3N2O3. The van der Waals surface area contributed by atoms with Crippen molar-refractivity contribution < 1.29 is 27.5 Å². The van der Waals surface area contributed by atoms with Crippen LogP contribution in [-0.4, -0.2) is 31.0 Å². The highest BCUT2D eigenvalue weighted by Gasteiger charge is 2.54. The molecule has 4 saturated carbocycles. The Morgan fingerprint density at radius 2 is 1.69 bits per heavy atom. The third kappa shape index (κ3) is 5.04. The summed E-state index contributed by atoms with van der Waals surface area (Å²) in [5.74, 6) is 1.60. The van der Waals surface area contributed by atoms with Crippen molar-refractivity contribution in [3.63, 3.8) is 0 Å². The molecule has 1 aromatic carbocycles. The maximum absolute atomic E-state index is 13.0. The molecule has 0 saturated heterocycles. The van der Waals surface area contributed by atoms with Crippen molar-refractivity contribution in [2.75, 3.05) is 13.2 Å². The first-order valence-electron chi connectivity index (χ1n) is 11.5. The van der Waals surface area contributed by atoms with Crippen LogP contribution in [0.25, 0.3) is 0 Å². The van der Waals surface area contributed by atoms with Crippen molar-refractivity contribution in [2.45, 2.75) is 64.1 Å². The molecular weight excluding hydrogens is 421 g/mol. The molecule has 4 aliphatic rings. The Hall–Kier alpha value is -2.25. The molecule has 5 nitrogen and oxygen atoms in total. The second kappa shape index (κ2) is 8.94. The van der Waals surface area contributed by atoms with E-state index in [-0.39, 0.29) is 42.6 Å². The number of hydrogen-bond donors (Lipinski definition) is 2. The molecule has 5 rings (SSSR count). The van der Waals surface area contributed by atoms with Crippen LogP contribution in [0.1, 0.15) is 57.4 Å². The van der Waals surface area contributed by atoms with Crippen molar-refractivity contribution >= 4 is 11.8 Å². The van der Waals surface area contributed by atoms with Gasteiger partial charge in [-0.15, -0.1) is 0 Å². The number of carbonyl (C=O) groups excluding carboxylic acids is 2. The van der Waals surface area contributed by atoms with E-state index in [9.17, 15) is 22.8 Å². The summed E-state index contributed by atoms with van der Waals surface area (Å²) in [4.78, 5) is 25.1. The lowest BCUT2D eigenvalue weighted by molar-refractivity contribution is -0.146. The van der Waals surface area contributed by atoms with E-state index in [0.717, 1.165) is 25.3 Å². The Morgan fingerprint density at radius 1 is 1.09 bits per heavy atom. The summed E-state index contributed by atoms with van der Waals surface area (Å²) in [7, 11) is 0. The number of rotatable bonds is 8. The van der Waals surface area contributed by atoms with Crippen molar-refractivity contribution in [3.05, 3.63) is 29.8 Å². The quantitative estimate of drug-likeness (QED) is 0.618. The number of ether oxygens (including phenoxy) is 1. The van der Waals surface area contributed by atoms with Gasteiger partial charge in [-0.1, -0.05) is 12.1 Å². The van der Waals surface area contributed by atoms with Gasteiger partial charge < -0.3 is 15.4 Å². The van der Waals surface area contributed by atoms with Gasteiger partial charge in [-0.25, -0.2) is 0 Å². The van der Waals surface area contributed by atoms with Crippen LogP contribution in [0.15, 0.2) is 24.3 Å². The molecule has 2 N–H and O–H groups in total. The molecule has 4 bridgehead atoms. The van der Waals surface area contributed by atoms with Gasteiger partial charge in [0.05, 0.1) is 11.6 Å².